The lowest BCUT2D eigenvalue weighted by Crippen LogP contribution is -2.26. The first-order valence-corrected chi connectivity index (χ1v) is 6.38. The Kier molecular flexibility index (Phi) is 3.83. The van der Waals surface area contributed by atoms with Crippen molar-refractivity contribution < 1.29 is 0 Å². The maximum Gasteiger partial charge on any atom is -0.00776 e. The second kappa shape index (κ2) is 4.61. The molecule has 1 rings (SSSR count). The molecule has 0 nitrogen and oxygen atoms in total. The third kappa shape index (κ3) is 2.31. The van der Waals surface area contributed by atoms with Crippen molar-refractivity contribution in [3.63, 3.8) is 0 Å². The fourth-order valence-corrected chi connectivity index (χ4v) is 2.32. The highest BCUT2D eigenvalue weighted by Gasteiger charge is 2.28. The molecule has 0 unspecified atom stereocenters. The lowest BCUT2D eigenvalue weighted by atomic mass is 9.71. The average molecular weight is 218 g/mol. The molecule has 0 aliphatic rings. The van der Waals surface area contributed by atoms with E-state index < -0.39 is 0 Å². The van der Waals surface area contributed by atoms with Gasteiger partial charge in [-0.3, -0.25) is 0 Å². The van der Waals surface area contributed by atoms with E-state index in [4.69, 9.17) is 0 Å². The fraction of sp³-hybridized carbons (Fsp3) is 0.625. The Morgan fingerprint density at radius 3 is 2.00 bits per heavy atom. The molecular weight excluding hydrogens is 192 g/mol. The Morgan fingerprint density at radius 2 is 1.56 bits per heavy atom. The summed E-state index contributed by atoms with van der Waals surface area (Å²) in [5, 5.41) is 0. The van der Waals surface area contributed by atoms with Crippen molar-refractivity contribution in [2.75, 3.05) is 0 Å². The van der Waals surface area contributed by atoms with Gasteiger partial charge in [0, 0.05) is 0 Å². The molecule has 0 aliphatic carbocycles. The van der Waals surface area contributed by atoms with E-state index in [-0.39, 0.29) is 5.41 Å². The van der Waals surface area contributed by atoms with Crippen molar-refractivity contribution in [1.82, 2.24) is 0 Å². The van der Waals surface area contributed by atoms with Crippen LogP contribution in [0.3, 0.4) is 0 Å². The molecule has 0 aromatic heterocycles. The summed E-state index contributed by atoms with van der Waals surface area (Å²) in [4.78, 5) is 0. The van der Waals surface area contributed by atoms with Crippen molar-refractivity contribution in [3.05, 3.63) is 34.9 Å². The molecule has 0 heteroatoms. The van der Waals surface area contributed by atoms with Crippen LogP contribution >= 0.6 is 0 Å². The molecule has 1 aromatic carbocycles. The van der Waals surface area contributed by atoms with Gasteiger partial charge in [-0.25, -0.2) is 0 Å². The standard InChI is InChI=1S/C16H26/c1-11(2)15-13(5)9-8-10-14(15)16(6,7)12(3)4/h8-12H,1-7H3. The topological polar surface area (TPSA) is 0 Å². The zero-order chi connectivity index (χ0) is 12.5. The van der Waals surface area contributed by atoms with E-state index in [2.05, 4.69) is 66.7 Å². The zero-order valence-corrected chi connectivity index (χ0v) is 11.9. The SMILES string of the molecule is Cc1cccc(C(C)(C)C(C)C)c1C(C)C. The molecule has 0 saturated carbocycles. The Bertz CT molecular complexity index is 356. The second-order valence-corrected chi connectivity index (χ2v) is 6.07. The van der Waals surface area contributed by atoms with Gasteiger partial charge in [-0.1, -0.05) is 59.7 Å². The monoisotopic (exact) mass is 218 g/mol. The summed E-state index contributed by atoms with van der Waals surface area (Å²) in [6.45, 7) is 16.2. The highest BCUT2D eigenvalue weighted by molar-refractivity contribution is 5.41. The predicted molar refractivity (Wildman–Crippen MR) is 73.1 cm³/mol. The minimum absolute atomic E-state index is 0.256. The molecule has 0 fully saturated rings. The predicted octanol–water partition coefficient (Wildman–Crippen LogP) is 5.05. The molecule has 0 atom stereocenters. The minimum atomic E-state index is 0.256. The summed E-state index contributed by atoms with van der Waals surface area (Å²) in [7, 11) is 0. The first-order valence-electron chi connectivity index (χ1n) is 6.38. The van der Waals surface area contributed by atoms with Gasteiger partial charge in [0.2, 0.25) is 0 Å². The summed E-state index contributed by atoms with van der Waals surface area (Å²) in [6, 6.07) is 6.73. The maximum atomic E-state index is 2.36. The normalized spacial score (nSPS) is 12.6. The van der Waals surface area contributed by atoms with E-state index in [1.807, 2.05) is 0 Å². The Balaban J connectivity index is 3.39. The Morgan fingerprint density at radius 1 is 1.00 bits per heavy atom. The van der Waals surface area contributed by atoms with Crippen LogP contribution < -0.4 is 0 Å². The molecular formula is C16H26. The van der Waals surface area contributed by atoms with Crippen molar-refractivity contribution in [2.45, 2.75) is 59.8 Å². The number of benzene rings is 1. The molecule has 0 bridgehead atoms. The van der Waals surface area contributed by atoms with E-state index in [0.29, 0.717) is 11.8 Å². The first kappa shape index (κ1) is 13.3. The third-order valence-corrected chi connectivity index (χ3v) is 4.04. The Hall–Kier alpha value is -0.780. The Labute approximate surface area is 101 Å². The van der Waals surface area contributed by atoms with Crippen molar-refractivity contribution >= 4 is 0 Å². The van der Waals surface area contributed by atoms with Gasteiger partial charge in [-0.05, 0) is 40.9 Å². The number of hydrogen-bond acceptors (Lipinski definition) is 0. The van der Waals surface area contributed by atoms with E-state index in [1.165, 1.54) is 11.1 Å². The van der Waals surface area contributed by atoms with E-state index >= 15 is 0 Å². The van der Waals surface area contributed by atoms with Crippen LogP contribution in [0.5, 0.6) is 0 Å². The smallest absolute Gasteiger partial charge is 0.00776 e. The second-order valence-electron chi connectivity index (χ2n) is 6.07. The average Bonchev–Trinajstić information content (AvgIpc) is 2.16. The minimum Gasteiger partial charge on any atom is -0.0619 e. The van der Waals surface area contributed by atoms with Gasteiger partial charge in [-0.15, -0.1) is 0 Å². The summed E-state index contributed by atoms with van der Waals surface area (Å²) in [5.74, 6) is 1.26. The fourth-order valence-electron chi connectivity index (χ4n) is 2.32. The highest BCUT2D eigenvalue weighted by Crippen LogP contribution is 2.37. The van der Waals surface area contributed by atoms with Crippen LogP contribution in [-0.4, -0.2) is 0 Å². The van der Waals surface area contributed by atoms with Gasteiger partial charge >= 0.3 is 0 Å². The molecule has 90 valence electrons. The number of aryl methyl sites for hydroxylation is 1. The lowest BCUT2D eigenvalue weighted by Gasteiger charge is -2.33. The van der Waals surface area contributed by atoms with Gasteiger partial charge < -0.3 is 0 Å². The molecule has 16 heavy (non-hydrogen) atoms. The van der Waals surface area contributed by atoms with E-state index in [1.54, 1.807) is 5.56 Å². The quantitative estimate of drug-likeness (QED) is 0.666. The molecule has 1 aromatic rings. The van der Waals surface area contributed by atoms with Gasteiger partial charge in [0.25, 0.3) is 0 Å². The summed E-state index contributed by atoms with van der Waals surface area (Å²) in [6.07, 6.45) is 0. The van der Waals surface area contributed by atoms with Crippen LogP contribution in [0.15, 0.2) is 18.2 Å². The summed E-state index contributed by atoms with van der Waals surface area (Å²) in [5.41, 5.74) is 4.76. The molecule has 0 heterocycles. The molecule has 0 amide bonds. The molecule has 0 saturated heterocycles. The van der Waals surface area contributed by atoms with E-state index in [9.17, 15) is 0 Å². The van der Waals surface area contributed by atoms with Crippen molar-refractivity contribution in [1.29, 1.82) is 0 Å². The molecule has 0 spiro atoms. The van der Waals surface area contributed by atoms with Crippen LogP contribution in [0.1, 0.15) is 64.2 Å². The highest BCUT2D eigenvalue weighted by atomic mass is 14.3. The van der Waals surface area contributed by atoms with Crippen LogP contribution in [0, 0.1) is 12.8 Å². The molecule has 0 radical (unpaired) electrons. The first-order chi connectivity index (χ1) is 7.28. The van der Waals surface area contributed by atoms with E-state index in [0.717, 1.165) is 0 Å². The van der Waals surface area contributed by atoms with Gasteiger partial charge in [-0.2, -0.15) is 0 Å². The van der Waals surface area contributed by atoms with Gasteiger partial charge in [0.1, 0.15) is 0 Å². The lowest BCUT2D eigenvalue weighted by molar-refractivity contribution is 0.368. The zero-order valence-electron chi connectivity index (χ0n) is 11.9. The molecule has 0 N–H and O–H groups in total. The molecule has 0 aliphatic heterocycles. The largest absolute Gasteiger partial charge is 0.0619 e. The van der Waals surface area contributed by atoms with Crippen molar-refractivity contribution in [3.8, 4) is 0 Å². The maximum absolute atomic E-state index is 2.36. The van der Waals surface area contributed by atoms with Crippen LogP contribution in [0.2, 0.25) is 0 Å². The summed E-state index contributed by atoms with van der Waals surface area (Å²) >= 11 is 0. The van der Waals surface area contributed by atoms with Crippen molar-refractivity contribution in [2.24, 2.45) is 5.92 Å². The number of rotatable bonds is 3. The number of hydrogen-bond donors (Lipinski definition) is 0. The third-order valence-electron chi connectivity index (χ3n) is 4.04. The van der Waals surface area contributed by atoms with Crippen LogP contribution in [0.25, 0.3) is 0 Å². The van der Waals surface area contributed by atoms with Gasteiger partial charge in [0.05, 0.1) is 0 Å². The summed E-state index contributed by atoms with van der Waals surface area (Å²) < 4.78 is 0. The van der Waals surface area contributed by atoms with Gasteiger partial charge in [0.15, 0.2) is 0 Å². The van der Waals surface area contributed by atoms with Crippen LogP contribution in [-0.2, 0) is 5.41 Å². The van der Waals surface area contributed by atoms with Crippen LogP contribution in [0.4, 0.5) is 0 Å².